The fraction of sp³-hybridized carbons (Fsp3) is 0.348. The molecule has 0 unspecified atom stereocenters. The van der Waals surface area contributed by atoms with E-state index in [-0.39, 0.29) is 6.54 Å². The van der Waals surface area contributed by atoms with Crippen molar-refractivity contribution >= 4 is 23.5 Å². The first kappa shape index (κ1) is 22.9. The quantitative estimate of drug-likeness (QED) is 0.461. The van der Waals surface area contributed by atoms with Crippen LogP contribution in [0.4, 0.5) is 5.69 Å². The monoisotopic (exact) mass is 412 g/mol. The predicted molar refractivity (Wildman–Crippen MR) is 115 cm³/mol. The molecule has 2 rings (SSSR count). The van der Waals surface area contributed by atoms with Crippen molar-refractivity contribution in [2.75, 3.05) is 25.1 Å². The summed E-state index contributed by atoms with van der Waals surface area (Å²) >= 11 is 0. The van der Waals surface area contributed by atoms with Gasteiger partial charge in [-0.2, -0.15) is 0 Å². The van der Waals surface area contributed by atoms with E-state index in [1.54, 1.807) is 30.3 Å². The minimum Gasteiger partial charge on any atom is -0.494 e. The van der Waals surface area contributed by atoms with Crippen LogP contribution >= 0.6 is 0 Å². The van der Waals surface area contributed by atoms with Crippen molar-refractivity contribution in [3.8, 4) is 5.75 Å². The third-order valence-electron chi connectivity index (χ3n) is 4.52. The Labute approximate surface area is 176 Å². The van der Waals surface area contributed by atoms with Crippen LogP contribution in [0.1, 0.15) is 41.3 Å². The molecule has 160 valence electrons. The fourth-order valence-electron chi connectivity index (χ4n) is 2.56. The normalized spacial score (nSPS) is 10.2. The van der Waals surface area contributed by atoms with Gasteiger partial charge in [0.2, 0.25) is 0 Å². The molecule has 0 fully saturated rings. The smallest absolute Gasteiger partial charge is 0.325 e. The zero-order valence-electron chi connectivity index (χ0n) is 17.6. The van der Waals surface area contributed by atoms with Crippen LogP contribution in [0.15, 0.2) is 42.5 Å². The number of benzene rings is 2. The van der Waals surface area contributed by atoms with E-state index < -0.39 is 24.4 Å². The molecule has 0 spiro atoms. The fourth-order valence-corrected chi connectivity index (χ4v) is 2.56. The van der Waals surface area contributed by atoms with E-state index in [4.69, 9.17) is 9.47 Å². The molecule has 0 aliphatic carbocycles. The molecule has 0 radical (unpaired) electrons. The van der Waals surface area contributed by atoms with Gasteiger partial charge in [0.15, 0.2) is 6.61 Å². The lowest BCUT2D eigenvalue weighted by molar-refractivity contribution is -0.146. The number of ether oxygens (including phenoxy) is 2. The number of unbranched alkanes of at least 4 members (excludes halogenated alkanes) is 1. The van der Waals surface area contributed by atoms with E-state index in [0.29, 0.717) is 23.6 Å². The summed E-state index contributed by atoms with van der Waals surface area (Å²) in [4.78, 5) is 35.9. The first-order valence-corrected chi connectivity index (χ1v) is 9.93. The minimum absolute atomic E-state index is 0.329. The Kier molecular flexibility index (Phi) is 8.87. The number of carbonyl (C=O) groups excluding carboxylic acids is 3. The summed E-state index contributed by atoms with van der Waals surface area (Å²) < 4.78 is 10.5. The largest absolute Gasteiger partial charge is 0.494 e. The Morgan fingerprint density at radius 2 is 1.73 bits per heavy atom. The van der Waals surface area contributed by atoms with Gasteiger partial charge < -0.3 is 20.1 Å². The number of anilines is 1. The van der Waals surface area contributed by atoms with Gasteiger partial charge in [0.1, 0.15) is 12.3 Å². The second-order valence-electron chi connectivity index (χ2n) is 6.87. The second-order valence-corrected chi connectivity index (χ2v) is 6.87. The van der Waals surface area contributed by atoms with Crippen LogP contribution in [0.2, 0.25) is 0 Å². The van der Waals surface area contributed by atoms with Crippen molar-refractivity contribution in [2.24, 2.45) is 0 Å². The molecular weight excluding hydrogens is 384 g/mol. The number of amides is 2. The first-order chi connectivity index (χ1) is 14.4. The van der Waals surface area contributed by atoms with Crippen molar-refractivity contribution in [3.05, 3.63) is 59.2 Å². The molecule has 7 nitrogen and oxygen atoms in total. The zero-order chi connectivity index (χ0) is 21.9. The molecule has 0 aromatic heterocycles. The summed E-state index contributed by atoms with van der Waals surface area (Å²) in [6.07, 6.45) is 2.01. The highest BCUT2D eigenvalue weighted by atomic mass is 16.5. The molecule has 30 heavy (non-hydrogen) atoms. The maximum atomic E-state index is 12.1. The maximum Gasteiger partial charge on any atom is 0.325 e. The topological polar surface area (TPSA) is 93.7 Å². The average molecular weight is 412 g/mol. The third kappa shape index (κ3) is 7.24. The van der Waals surface area contributed by atoms with Crippen LogP contribution in [0.25, 0.3) is 0 Å². The summed E-state index contributed by atoms with van der Waals surface area (Å²) in [7, 11) is 0. The molecule has 0 atom stereocenters. The highest BCUT2D eigenvalue weighted by molar-refractivity contribution is 5.96. The first-order valence-electron chi connectivity index (χ1n) is 9.93. The van der Waals surface area contributed by atoms with Crippen LogP contribution in [0.5, 0.6) is 5.75 Å². The second kappa shape index (κ2) is 11.6. The molecule has 0 aliphatic heterocycles. The highest BCUT2D eigenvalue weighted by Gasteiger charge is 2.12. The number of aryl methyl sites for hydroxylation is 1. The summed E-state index contributed by atoms with van der Waals surface area (Å²) in [6.45, 7) is 5.80. The minimum atomic E-state index is -0.695. The molecule has 0 bridgehead atoms. The summed E-state index contributed by atoms with van der Waals surface area (Å²) in [6, 6.07) is 12.2. The summed E-state index contributed by atoms with van der Waals surface area (Å²) in [5.41, 5.74) is 3.07. The van der Waals surface area contributed by atoms with Crippen LogP contribution in [0, 0.1) is 13.8 Å². The van der Waals surface area contributed by atoms with Gasteiger partial charge in [0.05, 0.1) is 6.61 Å². The Bertz CT molecular complexity index is 878. The van der Waals surface area contributed by atoms with Gasteiger partial charge in [-0.3, -0.25) is 14.4 Å². The van der Waals surface area contributed by atoms with Crippen molar-refractivity contribution in [1.29, 1.82) is 0 Å². The zero-order valence-corrected chi connectivity index (χ0v) is 17.6. The Hall–Kier alpha value is -3.35. The predicted octanol–water partition coefficient (Wildman–Crippen LogP) is 3.39. The molecule has 2 aromatic carbocycles. The van der Waals surface area contributed by atoms with E-state index in [1.165, 1.54) is 0 Å². The van der Waals surface area contributed by atoms with Gasteiger partial charge in [0.25, 0.3) is 11.8 Å². The van der Waals surface area contributed by atoms with Crippen LogP contribution in [-0.4, -0.2) is 37.5 Å². The Morgan fingerprint density at radius 3 is 2.43 bits per heavy atom. The third-order valence-corrected chi connectivity index (χ3v) is 4.52. The van der Waals surface area contributed by atoms with Gasteiger partial charge in [0, 0.05) is 11.3 Å². The standard InChI is InChI=1S/C23H28N2O5/c1-4-5-13-29-19-11-9-18(10-12-19)23(28)24-14-22(27)30-15-21(26)25-20-8-6-7-16(2)17(20)3/h6-12H,4-5,13-15H2,1-3H3,(H,24,28)(H,25,26). The maximum absolute atomic E-state index is 12.1. The van der Waals surface area contributed by atoms with Gasteiger partial charge >= 0.3 is 5.97 Å². The molecule has 2 amide bonds. The molecule has 0 aliphatic rings. The molecule has 2 N–H and O–H groups in total. The van der Waals surface area contributed by atoms with Crippen molar-refractivity contribution in [2.45, 2.75) is 33.6 Å². The van der Waals surface area contributed by atoms with E-state index >= 15 is 0 Å². The lowest BCUT2D eigenvalue weighted by atomic mass is 10.1. The van der Waals surface area contributed by atoms with Crippen LogP contribution in [-0.2, 0) is 14.3 Å². The van der Waals surface area contributed by atoms with Gasteiger partial charge in [-0.25, -0.2) is 0 Å². The van der Waals surface area contributed by atoms with Crippen molar-refractivity contribution in [3.63, 3.8) is 0 Å². The lowest BCUT2D eigenvalue weighted by Gasteiger charge is -2.11. The van der Waals surface area contributed by atoms with Gasteiger partial charge in [-0.05, 0) is 61.7 Å². The van der Waals surface area contributed by atoms with Crippen molar-refractivity contribution in [1.82, 2.24) is 5.32 Å². The SMILES string of the molecule is CCCCOc1ccc(C(=O)NCC(=O)OCC(=O)Nc2cccc(C)c2C)cc1. The van der Waals surface area contributed by atoms with E-state index in [9.17, 15) is 14.4 Å². The number of hydrogen-bond acceptors (Lipinski definition) is 5. The number of esters is 1. The molecule has 0 saturated heterocycles. The highest BCUT2D eigenvalue weighted by Crippen LogP contribution is 2.17. The van der Waals surface area contributed by atoms with Crippen molar-refractivity contribution < 1.29 is 23.9 Å². The molecular formula is C23H28N2O5. The van der Waals surface area contributed by atoms with Gasteiger partial charge in [-0.15, -0.1) is 0 Å². The lowest BCUT2D eigenvalue weighted by Crippen LogP contribution is -2.32. The average Bonchev–Trinajstić information content (AvgIpc) is 2.74. The molecule has 0 heterocycles. The number of carbonyl (C=O) groups is 3. The number of nitrogens with one attached hydrogen (secondary N) is 2. The number of hydrogen-bond donors (Lipinski definition) is 2. The summed E-state index contributed by atoms with van der Waals surface area (Å²) in [5, 5.41) is 5.18. The van der Waals surface area contributed by atoms with Crippen LogP contribution in [0.3, 0.4) is 0 Å². The summed E-state index contributed by atoms with van der Waals surface area (Å²) in [5.74, 6) is -0.859. The van der Waals surface area contributed by atoms with E-state index in [1.807, 2.05) is 26.0 Å². The molecule has 7 heteroatoms. The molecule has 2 aromatic rings. The van der Waals surface area contributed by atoms with Crippen LogP contribution < -0.4 is 15.4 Å². The van der Waals surface area contributed by atoms with E-state index in [2.05, 4.69) is 17.6 Å². The van der Waals surface area contributed by atoms with E-state index in [0.717, 1.165) is 24.0 Å². The Morgan fingerprint density at radius 1 is 1.00 bits per heavy atom. The Balaban J connectivity index is 1.72. The number of rotatable bonds is 10. The molecule has 0 saturated carbocycles. The van der Waals surface area contributed by atoms with Gasteiger partial charge in [-0.1, -0.05) is 25.5 Å².